The van der Waals surface area contributed by atoms with Gasteiger partial charge in [-0.2, -0.15) is 0 Å². The van der Waals surface area contributed by atoms with E-state index in [0.29, 0.717) is 19.6 Å². The van der Waals surface area contributed by atoms with Crippen LogP contribution in [0.25, 0.3) is 0 Å². The minimum Gasteiger partial charge on any atom is -0.354 e. The normalized spacial score (nSPS) is 14.0. The van der Waals surface area contributed by atoms with Crippen LogP contribution in [0.15, 0.2) is 29.3 Å². The fourth-order valence-corrected chi connectivity index (χ4v) is 2.43. The van der Waals surface area contributed by atoms with Crippen molar-refractivity contribution in [2.24, 2.45) is 10.9 Å². The highest BCUT2D eigenvalue weighted by atomic mass is 127. The molecule has 0 unspecified atom stereocenters. The molecule has 128 valence electrons. The van der Waals surface area contributed by atoms with Gasteiger partial charge in [-0.25, -0.2) is 0 Å². The van der Waals surface area contributed by atoms with Crippen molar-refractivity contribution in [1.82, 2.24) is 15.5 Å². The van der Waals surface area contributed by atoms with E-state index >= 15 is 0 Å². The Labute approximate surface area is 159 Å². The molecule has 23 heavy (non-hydrogen) atoms. The zero-order valence-electron chi connectivity index (χ0n) is 13.5. The van der Waals surface area contributed by atoms with Gasteiger partial charge in [0.25, 0.3) is 0 Å². The van der Waals surface area contributed by atoms with E-state index in [4.69, 9.17) is 11.6 Å². The number of aliphatic imine (C=N–C) groups is 1. The Morgan fingerprint density at radius 1 is 1.35 bits per heavy atom. The lowest BCUT2D eigenvalue weighted by Gasteiger charge is -2.22. The van der Waals surface area contributed by atoms with Gasteiger partial charge in [0, 0.05) is 44.7 Å². The van der Waals surface area contributed by atoms with Crippen LogP contribution in [0.2, 0.25) is 5.02 Å². The fraction of sp³-hybridized carbons (Fsp3) is 0.500. The van der Waals surface area contributed by atoms with Gasteiger partial charge in [-0.1, -0.05) is 23.7 Å². The number of guanidine groups is 1. The van der Waals surface area contributed by atoms with Crippen LogP contribution in [0.4, 0.5) is 0 Å². The Bertz CT molecular complexity index is 549. The molecule has 1 aromatic rings. The molecule has 0 bridgehead atoms. The number of rotatable bonds is 6. The Balaban J connectivity index is 0.00000264. The van der Waals surface area contributed by atoms with Crippen molar-refractivity contribution >= 4 is 47.4 Å². The molecule has 0 aromatic heterocycles. The summed E-state index contributed by atoms with van der Waals surface area (Å²) in [6, 6.07) is 7.78. The molecular formula is C16H24ClIN4O. The highest BCUT2D eigenvalue weighted by Gasteiger charge is 2.28. The van der Waals surface area contributed by atoms with Crippen molar-refractivity contribution in [3.8, 4) is 0 Å². The highest BCUT2D eigenvalue weighted by molar-refractivity contribution is 14.0. The summed E-state index contributed by atoms with van der Waals surface area (Å²) in [4.78, 5) is 17.8. The molecule has 1 aliphatic carbocycles. The van der Waals surface area contributed by atoms with E-state index in [9.17, 15) is 4.79 Å². The van der Waals surface area contributed by atoms with Gasteiger partial charge in [-0.3, -0.25) is 9.79 Å². The minimum atomic E-state index is 0. The number of nitrogens with one attached hydrogen (secondary N) is 2. The van der Waals surface area contributed by atoms with E-state index in [1.807, 2.05) is 36.2 Å². The van der Waals surface area contributed by atoms with Crippen LogP contribution in [-0.4, -0.2) is 44.0 Å². The SMILES string of the molecule is CN=C(NCCNC(=O)C1CC1)N(C)Cc1cccc(Cl)c1.I. The molecule has 1 fully saturated rings. The second-order valence-corrected chi connectivity index (χ2v) is 5.96. The number of carbonyl (C=O) groups excluding carboxylic acids is 1. The summed E-state index contributed by atoms with van der Waals surface area (Å²) >= 11 is 6.00. The monoisotopic (exact) mass is 450 g/mol. The summed E-state index contributed by atoms with van der Waals surface area (Å²) in [6.45, 7) is 1.99. The third-order valence-electron chi connectivity index (χ3n) is 3.54. The van der Waals surface area contributed by atoms with Crippen molar-refractivity contribution < 1.29 is 4.79 Å². The van der Waals surface area contributed by atoms with Crippen LogP contribution in [0.5, 0.6) is 0 Å². The molecule has 0 saturated heterocycles. The number of nitrogens with zero attached hydrogens (tertiary/aromatic N) is 2. The molecular weight excluding hydrogens is 427 g/mol. The summed E-state index contributed by atoms with van der Waals surface area (Å²) in [7, 11) is 3.72. The molecule has 7 heteroatoms. The Kier molecular flexibility index (Phi) is 8.68. The second-order valence-electron chi connectivity index (χ2n) is 5.53. The maximum Gasteiger partial charge on any atom is 0.223 e. The van der Waals surface area contributed by atoms with E-state index in [1.165, 1.54) is 0 Å². The molecule has 0 atom stereocenters. The Hall–Kier alpha value is -1.02. The van der Waals surface area contributed by atoms with Gasteiger partial charge in [0.2, 0.25) is 5.91 Å². The standard InChI is InChI=1S/C16H23ClN4O.HI/c1-18-16(20-9-8-19-15(22)13-6-7-13)21(2)11-12-4-3-5-14(17)10-12;/h3-5,10,13H,6-9,11H2,1-2H3,(H,18,20)(H,19,22);1H. The highest BCUT2D eigenvalue weighted by Crippen LogP contribution is 2.28. The van der Waals surface area contributed by atoms with E-state index in [-0.39, 0.29) is 35.8 Å². The smallest absolute Gasteiger partial charge is 0.223 e. The van der Waals surface area contributed by atoms with E-state index in [2.05, 4.69) is 15.6 Å². The van der Waals surface area contributed by atoms with Crippen molar-refractivity contribution in [1.29, 1.82) is 0 Å². The van der Waals surface area contributed by atoms with Gasteiger partial charge in [0.1, 0.15) is 0 Å². The van der Waals surface area contributed by atoms with Crippen LogP contribution in [0.3, 0.4) is 0 Å². The number of hydrogen-bond donors (Lipinski definition) is 2. The maximum absolute atomic E-state index is 11.5. The Morgan fingerprint density at radius 3 is 2.65 bits per heavy atom. The number of amides is 1. The van der Waals surface area contributed by atoms with Gasteiger partial charge in [0.15, 0.2) is 5.96 Å². The first-order valence-corrected chi connectivity index (χ1v) is 7.92. The first kappa shape index (κ1) is 20.0. The molecule has 1 aromatic carbocycles. The van der Waals surface area contributed by atoms with E-state index in [0.717, 1.165) is 29.4 Å². The largest absolute Gasteiger partial charge is 0.354 e. The molecule has 5 nitrogen and oxygen atoms in total. The zero-order chi connectivity index (χ0) is 15.9. The fourth-order valence-electron chi connectivity index (χ4n) is 2.22. The zero-order valence-corrected chi connectivity index (χ0v) is 16.6. The van der Waals surface area contributed by atoms with Crippen molar-refractivity contribution in [3.63, 3.8) is 0 Å². The van der Waals surface area contributed by atoms with Gasteiger partial charge < -0.3 is 15.5 Å². The lowest BCUT2D eigenvalue weighted by Crippen LogP contribution is -2.42. The van der Waals surface area contributed by atoms with Crippen LogP contribution in [-0.2, 0) is 11.3 Å². The predicted molar refractivity (Wildman–Crippen MR) is 105 cm³/mol. The molecule has 1 saturated carbocycles. The van der Waals surface area contributed by atoms with Gasteiger partial charge in [0.05, 0.1) is 0 Å². The second kappa shape index (κ2) is 9.97. The van der Waals surface area contributed by atoms with Crippen molar-refractivity contribution in [3.05, 3.63) is 34.9 Å². The molecule has 0 heterocycles. The molecule has 1 aliphatic rings. The number of hydrogen-bond acceptors (Lipinski definition) is 2. The molecule has 0 spiro atoms. The summed E-state index contributed by atoms with van der Waals surface area (Å²) in [5.74, 6) is 1.22. The van der Waals surface area contributed by atoms with E-state index < -0.39 is 0 Å². The number of benzene rings is 1. The lowest BCUT2D eigenvalue weighted by molar-refractivity contribution is -0.122. The van der Waals surface area contributed by atoms with Crippen LogP contribution < -0.4 is 10.6 Å². The molecule has 2 rings (SSSR count). The Morgan fingerprint density at radius 2 is 2.04 bits per heavy atom. The van der Waals surface area contributed by atoms with Crippen LogP contribution >= 0.6 is 35.6 Å². The molecule has 0 aliphatic heterocycles. The third-order valence-corrected chi connectivity index (χ3v) is 3.77. The number of halogens is 2. The molecule has 0 radical (unpaired) electrons. The van der Waals surface area contributed by atoms with Gasteiger partial charge in [-0.05, 0) is 30.5 Å². The summed E-state index contributed by atoms with van der Waals surface area (Å²) in [5, 5.41) is 6.91. The quantitative estimate of drug-likeness (QED) is 0.303. The minimum absolute atomic E-state index is 0. The summed E-state index contributed by atoms with van der Waals surface area (Å²) < 4.78 is 0. The third kappa shape index (κ3) is 6.95. The van der Waals surface area contributed by atoms with Crippen molar-refractivity contribution in [2.45, 2.75) is 19.4 Å². The maximum atomic E-state index is 11.5. The molecule has 1 amide bonds. The predicted octanol–water partition coefficient (Wildman–Crippen LogP) is 2.49. The topological polar surface area (TPSA) is 56.7 Å². The summed E-state index contributed by atoms with van der Waals surface area (Å²) in [6.07, 6.45) is 2.06. The van der Waals surface area contributed by atoms with Crippen LogP contribution in [0.1, 0.15) is 18.4 Å². The molecule has 2 N–H and O–H groups in total. The average molecular weight is 451 g/mol. The number of carbonyl (C=O) groups is 1. The van der Waals surface area contributed by atoms with Crippen LogP contribution in [0, 0.1) is 5.92 Å². The average Bonchev–Trinajstić information content (AvgIpc) is 3.31. The van der Waals surface area contributed by atoms with Gasteiger partial charge >= 0.3 is 0 Å². The van der Waals surface area contributed by atoms with Crippen molar-refractivity contribution in [2.75, 3.05) is 27.2 Å². The first-order valence-electron chi connectivity index (χ1n) is 7.54. The van der Waals surface area contributed by atoms with Gasteiger partial charge in [-0.15, -0.1) is 24.0 Å². The lowest BCUT2D eigenvalue weighted by atomic mass is 10.2. The first-order chi connectivity index (χ1) is 10.6. The van der Waals surface area contributed by atoms with E-state index in [1.54, 1.807) is 7.05 Å². The summed E-state index contributed by atoms with van der Waals surface area (Å²) in [5.41, 5.74) is 1.12.